The molecule has 1 aromatic heterocycles. The molecule has 2 aromatic rings. The van der Waals surface area contributed by atoms with Crippen LogP contribution in [0.5, 0.6) is 0 Å². The minimum Gasteiger partial charge on any atom is -0.462 e. The maximum absolute atomic E-state index is 13.0. The molecule has 2 rings (SSSR count). The number of esters is 1. The molecule has 0 aliphatic carbocycles. The van der Waals surface area contributed by atoms with Crippen LogP contribution >= 0.6 is 23.2 Å². The summed E-state index contributed by atoms with van der Waals surface area (Å²) in [5, 5.41) is 2.25. The van der Waals surface area contributed by atoms with E-state index in [-0.39, 0.29) is 22.2 Å². The minimum absolute atomic E-state index is 0.0538. The Kier molecular flexibility index (Phi) is 6.17. The standard InChI is InChI=1S/C16H10Cl2F3NO5/c1-2-26-14(24)9-6-11(15(25)27-12(9)16(19,20)21)22-13(23)8-4-3-7(17)5-10(8)18/h3-6H,2H2,1H3,(H,22,23). The molecule has 0 aliphatic rings. The maximum atomic E-state index is 13.0. The fourth-order valence-electron chi connectivity index (χ4n) is 1.99. The zero-order chi connectivity index (χ0) is 20.4. The molecule has 0 spiro atoms. The number of carbonyl (C=O) groups is 2. The largest absolute Gasteiger partial charge is 0.462 e. The SMILES string of the molecule is CCOC(=O)c1cc(NC(=O)c2ccc(Cl)cc2Cl)c(=O)oc1C(F)(F)F. The number of hydrogen-bond acceptors (Lipinski definition) is 5. The summed E-state index contributed by atoms with van der Waals surface area (Å²) in [4.78, 5) is 35.9. The van der Waals surface area contributed by atoms with E-state index in [9.17, 15) is 27.6 Å². The topological polar surface area (TPSA) is 85.6 Å². The molecule has 0 unspecified atom stereocenters. The van der Waals surface area contributed by atoms with Crippen LogP contribution in [0.2, 0.25) is 10.0 Å². The highest BCUT2D eigenvalue weighted by atomic mass is 35.5. The number of ether oxygens (including phenoxy) is 1. The van der Waals surface area contributed by atoms with Gasteiger partial charge < -0.3 is 14.5 Å². The third-order valence-electron chi connectivity index (χ3n) is 3.12. The quantitative estimate of drug-likeness (QED) is 0.736. The number of halogens is 5. The molecule has 1 amide bonds. The molecular weight excluding hydrogens is 414 g/mol. The van der Waals surface area contributed by atoms with Gasteiger partial charge in [-0.1, -0.05) is 23.2 Å². The Labute approximate surface area is 159 Å². The van der Waals surface area contributed by atoms with Gasteiger partial charge in [0.1, 0.15) is 11.3 Å². The number of carbonyl (C=O) groups excluding carboxylic acids is 2. The normalized spacial score (nSPS) is 11.2. The first-order chi connectivity index (χ1) is 12.5. The van der Waals surface area contributed by atoms with Gasteiger partial charge in [0, 0.05) is 5.02 Å². The third kappa shape index (κ3) is 4.81. The van der Waals surface area contributed by atoms with Crippen molar-refractivity contribution in [1.29, 1.82) is 0 Å². The van der Waals surface area contributed by atoms with Crippen molar-refractivity contribution in [2.75, 3.05) is 11.9 Å². The molecule has 27 heavy (non-hydrogen) atoms. The highest BCUT2D eigenvalue weighted by Crippen LogP contribution is 2.32. The summed E-state index contributed by atoms with van der Waals surface area (Å²) in [5.41, 5.74) is -3.35. The molecule has 1 heterocycles. The molecule has 0 saturated heterocycles. The molecular formula is C16H10Cl2F3NO5. The Morgan fingerprint density at radius 2 is 1.85 bits per heavy atom. The van der Waals surface area contributed by atoms with Gasteiger partial charge in [-0.2, -0.15) is 13.2 Å². The molecule has 0 aliphatic heterocycles. The number of rotatable bonds is 4. The minimum atomic E-state index is -5.12. The van der Waals surface area contributed by atoms with Crippen LogP contribution in [0.15, 0.2) is 33.5 Å². The van der Waals surface area contributed by atoms with E-state index in [0.29, 0.717) is 6.07 Å². The van der Waals surface area contributed by atoms with E-state index < -0.39 is 40.7 Å². The number of hydrogen-bond donors (Lipinski definition) is 1. The van der Waals surface area contributed by atoms with Crippen molar-refractivity contribution in [1.82, 2.24) is 0 Å². The van der Waals surface area contributed by atoms with Crippen LogP contribution in [0.3, 0.4) is 0 Å². The van der Waals surface area contributed by atoms with Gasteiger partial charge in [0.2, 0.25) is 5.76 Å². The Hall–Kier alpha value is -2.52. The van der Waals surface area contributed by atoms with Crippen LogP contribution in [0.1, 0.15) is 33.4 Å². The second-order valence-electron chi connectivity index (χ2n) is 4.99. The van der Waals surface area contributed by atoms with Crippen molar-refractivity contribution in [3.8, 4) is 0 Å². The van der Waals surface area contributed by atoms with E-state index in [1.165, 1.54) is 25.1 Å². The van der Waals surface area contributed by atoms with Crippen LogP contribution < -0.4 is 10.9 Å². The average Bonchev–Trinajstić information content (AvgIpc) is 2.55. The second-order valence-corrected chi connectivity index (χ2v) is 5.83. The molecule has 0 bridgehead atoms. The zero-order valence-corrected chi connectivity index (χ0v) is 15.0. The van der Waals surface area contributed by atoms with Crippen molar-refractivity contribution >= 4 is 40.8 Å². The maximum Gasteiger partial charge on any atom is 0.450 e. The Morgan fingerprint density at radius 1 is 1.19 bits per heavy atom. The molecule has 144 valence electrons. The van der Waals surface area contributed by atoms with Crippen LogP contribution in [0.25, 0.3) is 0 Å². The van der Waals surface area contributed by atoms with E-state index in [1.54, 1.807) is 0 Å². The van der Waals surface area contributed by atoms with Crippen molar-refractivity contribution in [3.05, 3.63) is 61.6 Å². The fraction of sp³-hybridized carbons (Fsp3) is 0.188. The summed E-state index contributed by atoms with van der Waals surface area (Å²) in [6.07, 6.45) is -5.12. The van der Waals surface area contributed by atoms with E-state index in [2.05, 4.69) is 14.5 Å². The number of anilines is 1. The van der Waals surface area contributed by atoms with E-state index >= 15 is 0 Å². The summed E-state index contributed by atoms with van der Waals surface area (Å²) in [6.45, 7) is 1.17. The lowest BCUT2D eigenvalue weighted by Crippen LogP contribution is -2.23. The van der Waals surface area contributed by atoms with Crippen LogP contribution in [-0.2, 0) is 10.9 Å². The van der Waals surface area contributed by atoms with E-state index in [4.69, 9.17) is 23.2 Å². The lowest BCUT2D eigenvalue weighted by atomic mass is 10.1. The van der Waals surface area contributed by atoms with Gasteiger partial charge in [-0.25, -0.2) is 9.59 Å². The fourth-order valence-corrected chi connectivity index (χ4v) is 2.49. The number of amides is 1. The van der Waals surface area contributed by atoms with E-state index in [0.717, 1.165) is 0 Å². The molecule has 0 saturated carbocycles. The zero-order valence-electron chi connectivity index (χ0n) is 13.4. The summed E-state index contributed by atoms with van der Waals surface area (Å²) < 4.78 is 47.8. The molecule has 1 N–H and O–H groups in total. The predicted molar refractivity (Wildman–Crippen MR) is 90.4 cm³/mol. The van der Waals surface area contributed by atoms with Crippen molar-refractivity contribution in [3.63, 3.8) is 0 Å². The molecule has 0 fully saturated rings. The third-order valence-corrected chi connectivity index (χ3v) is 3.67. The first-order valence-corrected chi connectivity index (χ1v) is 7.99. The van der Waals surface area contributed by atoms with Crippen LogP contribution in [-0.4, -0.2) is 18.5 Å². The summed E-state index contributed by atoms with van der Waals surface area (Å²) in [5.74, 6) is -4.11. The Bertz CT molecular complexity index is 956. The number of benzene rings is 1. The van der Waals surface area contributed by atoms with Gasteiger partial charge >= 0.3 is 17.8 Å². The monoisotopic (exact) mass is 423 g/mol. The predicted octanol–water partition coefficient (Wildman–Crippen LogP) is 4.39. The summed E-state index contributed by atoms with van der Waals surface area (Å²) in [7, 11) is 0. The second kappa shape index (κ2) is 8.01. The molecule has 0 radical (unpaired) electrons. The Balaban J connectivity index is 2.48. The van der Waals surface area contributed by atoms with Crippen molar-refractivity contribution in [2.24, 2.45) is 0 Å². The average molecular weight is 424 g/mol. The van der Waals surface area contributed by atoms with E-state index in [1.807, 2.05) is 0 Å². The lowest BCUT2D eigenvalue weighted by Gasteiger charge is -2.12. The van der Waals surface area contributed by atoms with Gasteiger partial charge in [0.15, 0.2) is 0 Å². The lowest BCUT2D eigenvalue weighted by molar-refractivity contribution is -0.155. The molecule has 11 heteroatoms. The van der Waals surface area contributed by atoms with Crippen LogP contribution in [0.4, 0.5) is 18.9 Å². The van der Waals surface area contributed by atoms with Gasteiger partial charge in [0.25, 0.3) is 5.91 Å². The molecule has 0 atom stereocenters. The highest BCUT2D eigenvalue weighted by Gasteiger charge is 2.40. The number of alkyl halides is 3. The summed E-state index contributed by atoms with van der Waals surface area (Å²) in [6, 6.07) is 4.39. The molecule has 6 nitrogen and oxygen atoms in total. The summed E-state index contributed by atoms with van der Waals surface area (Å²) >= 11 is 11.6. The first-order valence-electron chi connectivity index (χ1n) is 7.23. The highest BCUT2D eigenvalue weighted by molar-refractivity contribution is 6.37. The Morgan fingerprint density at radius 3 is 2.41 bits per heavy atom. The first kappa shape index (κ1) is 20.8. The van der Waals surface area contributed by atoms with Crippen molar-refractivity contribution in [2.45, 2.75) is 13.1 Å². The smallest absolute Gasteiger partial charge is 0.450 e. The molecule has 1 aromatic carbocycles. The van der Waals surface area contributed by atoms with Crippen LogP contribution in [0, 0.1) is 0 Å². The van der Waals surface area contributed by atoms with Crippen molar-refractivity contribution < 1.29 is 31.9 Å². The van der Waals surface area contributed by atoms with Gasteiger partial charge in [-0.3, -0.25) is 4.79 Å². The van der Waals surface area contributed by atoms with Gasteiger partial charge in [-0.15, -0.1) is 0 Å². The number of nitrogens with one attached hydrogen (secondary N) is 1. The van der Waals surface area contributed by atoms with Gasteiger partial charge in [-0.05, 0) is 31.2 Å². The van der Waals surface area contributed by atoms with Gasteiger partial charge in [0.05, 0.1) is 17.2 Å².